The van der Waals surface area contributed by atoms with Gasteiger partial charge < -0.3 is 14.2 Å². The van der Waals surface area contributed by atoms with E-state index in [1.807, 2.05) is 5.48 Å². The summed E-state index contributed by atoms with van der Waals surface area (Å²) in [6, 6.07) is 3.20. The monoisotopic (exact) mass is 199 g/mol. The first-order valence-corrected chi connectivity index (χ1v) is 3.97. The quantitative estimate of drug-likeness (QED) is 0.720. The maximum absolute atomic E-state index is 8.74. The Morgan fingerprint density at radius 2 is 1.50 bits per heavy atom. The Kier molecular flexibility index (Phi) is 3.41. The number of hydrogen-bond acceptors (Lipinski definition) is 5. The second-order valence-corrected chi connectivity index (χ2v) is 2.53. The van der Waals surface area contributed by atoms with Gasteiger partial charge in [0.15, 0.2) is 11.5 Å². The van der Waals surface area contributed by atoms with E-state index in [1.165, 1.54) is 21.3 Å². The van der Waals surface area contributed by atoms with Crippen LogP contribution in [-0.4, -0.2) is 26.5 Å². The number of methoxy groups -OCH3 is 3. The van der Waals surface area contributed by atoms with Gasteiger partial charge >= 0.3 is 0 Å². The van der Waals surface area contributed by atoms with Crippen LogP contribution in [0.25, 0.3) is 0 Å². The Bertz CT molecular complexity index is 289. The van der Waals surface area contributed by atoms with E-state index in [0.29, 0.717) is 22.9 Å². The van der Waals surface area contributed by atoms with Crippen molar-refractivity contribution in [2.45, 2.75) is 0 Å². The van der Waals surface area contributed by atoms with E-state index in [9.17, 15) is 0 Å². The van der Waals surface area contributed by atoms with Crippen LogP contribution in [0.1, 0.15) is 0 Å². The van der Waals surface area contributed by atoms with Crippen molar-refractivity contribution in [3.8, 4) is 17.2 Å². The third-order valence-corrected chi connectivity index (χ3v) is 1.79. The third kappa shape index (κ3) is 1.82. The highest BCUT2D eigenvalue weighted by Gasteiger charge is 2.12. The molecule has 0 aliphatic rings. The van der Waals surface area contributed by atoms with Crippen LogP contribution in [0, 0.1) is 0 Å². The van der Waals surface area contributed by atoms with Gasteiger partial charge in [0.25, 0.3) is 0 Å². The first kappa shape index (κ1) is 10.5. The van der Waals surface area contributed by atoms with Crippen molar-refractivity contribution in [2.24, 2.45) is 0 Å². The van der Waals surface area contributed by atoms with E-state index >= 15 is 0 Å². The Hall–Kier alpha value is -1.62. The molecule has 78 valence electrons. The van der Waals surface area contributed by atoms with Crippen LogP contribution in [0.2, 0.25) is 0 Å². The van der Waals surface area contributed by atoms with E-state index in [4.69, 9.17) is 19.4 Å². The van der Waals surface area contributed by atoms with Gasteiger partial charge in [0.2, 0.25) is 5.75 Å². The number of anilines is 1. The van der Waals surface area contributed by atoms with Crippen molar-refractivity contribution in [1.82, 2.24) is 0 Å². The molecule has 0 fully saturated rings. The van der Waals surface area contributed by atoms with E-state index in [2.05, 4.69) is 0 Å². The summed E-state index contributed by atoms with van der Waals surface area (Å²) in [6.07, 6.45) is 0. The third-order valence-electron chi connectivity index (χ3n) is 1.79. The average molecular weight is 199 g/mol. The fraction of sp³-hybridized carbons (Fsp3) is 0.333. The molecule has 0 atom stereocenters. The molecular weight excluding hydrogens is 186 g/mol. The highest BCUT2D eigenvalue weighted by molar-refractivity contribution is 5.61. The Morgan fingerprint density at radius 3 is 1.79 bits per heavy atom. The molecule has 0 aliphatic heterocycles. The fourth-order valence-corrected chi connectivity index (χ4v) is 1.15. The summed E-state index contributed by atoms with van der Waals surface area (Å²) < 4.78 is 15.2. The van der Waals surface area contributed by atoms with Gasteiger partial charge in [-0.25, -0.2) is 0 Å². The highest BCUT2D eigenvalue weighted by Crippen LogP contribution is 2.39. The molecule has 0 saturated carbocycles. The number of benzene rings is 1. The van der Waals surface area contributed by atoms with Crippen molar-refractivity contribution in [2.75, 3.05) is 26.8 Å². The summed E-state index contributed by atoms with van der Waals surface area (Å²) in [7, 11) is 4.54. The smallest absolute Gasteiger partial charge is 0.203 e. The zero-order valence-electron chi connectivity index (χ0n) is 8.33. The molecule has 1 aromatic rings. The molecule has 0 aromatic heterocycles. The number of nitrogens with one attached hydrogen (secondary N) is 1. The van der Waals surface area contributed by atoms with Crippen molar-refractivity contribution in [1.29, 1.82) is 0 Å². The van der Waals surface area contributed by atoms with Crippen LogP contribution in [0.4, 0.5) is 5.69 Å². The molecule has 1 rings (SSSR count). The summed E-state index contributed by atoms with van der Waals surface area (Å²) in [6.45, 7) is 0. The van der Waals surface area contributed by atoms with Crippen molar-refractivity contribution in [3.05, 3.63) is 12.1 Å². The number of rotatable bonds is 4. The molecule has 0 heterocycles. The molecule has 5 nitrogen and oxygen atoms in total. The van der Waals surface area contributed by atoms with Crippen molar-refractivity contribution >= 4 is 5.69 Å². The minimum absolute atomic E-state index is 0.472. The zero-order valence-corrected chi connectivity index (χ0v) is 8.33. The van der Waals surface area contributed by atoms with Gasteiger partial charge in [0.1, 0.15) is 0 Å². The first-order valence-electron chi connectivity index (χ1n) is 3.97. The van der Waals surface area contributed by atoms with Gasteiger partial charge in [-0.05, 0) is 0 Å². The summed E-state index contributed by atoms with van der Waals surface area (Å²) in [5.74, 6) is 1.47. The lowest BCUT2D eigenvalue weighted by Gasteiger charge is -2.13. The molecule has 0 spiro atoms. The molecule has 0 radical (unpaired) electrons. The summed E-state index contributed by atoms with van der Waals surface area (Å²) in [4.78, 5) is 0. The van der Waals surface area contributed by atoms with Crippen LogP contribution in [0.15, 0.2) is 12.1 Å². The Labute approximate surface area is 82.2 Å². The molecule has 0 unspecified atom stereocenters. The predicted octanol–water partition coefficient (Wildman–Crippen LogP) is 1.51. The van der Waals surface area contributed by atoms with Crippen molar-refractivity contribution < 1.29 is 19.4 Å². The molecule has 0 aliphatic carbocycles. The SMILES string of the molecule is COc1cc(NO)cc(OC)c1OC. The molecule has 1 aromatic carbocycles. The number of ether oxygens (including phenoxy) is 3. The Balaban J connectivity index is 3.24. The second-order valence-electron chi connectivity index (χ2n) is 2.53. The van der Waals surface area contributed by atoms with Gasteiger partial charge in [-0.15, -0.1) is 0 Å². The molecule has 0 bridgehead atoms. The van der Waals surface area contributed by atoms with Gasteiger partial charge in [0, 0.05) is 12.1 Å². The predicted molar refractivity (Wildman–Crippen MR) is 51.5 cm³/mol. The van der Waals surface area contributed by atoms with Gasteiger partial charge in [0.05, 0.1) is 27.0 Å². The van der Waals surface area contributed by atoms with E-state index < -0.39 is 0 Å². The van der Waals surface area contributed by atoms with Crippen LogP contribution < -0.4 is 19.7 Å². The molecule has 14 heavy (non-hydrogen) atoms. The summed E-state index contributed by atoms with van der Waals surface area (Å²) in [5.41, 5.74) is 2.48. The first-order chi connectivity index (χ1) is 6.76. The standard InChI is InChI=1S/C9H13NO4/c1-12-7-4-6(10-11)5-8(13-2)9(7)14-3/h4-5,10-11H,1-3H3. The molecule has 0 amide bonds. The molecule has 2 N–H and O–H groups in total. The van der Waals surface area contributed by atoms with Crippen molar-refractivity contribution in [3.63, 3.8) is 0 Å². The lowest BCUT2D eigenvalue weighted by atomic mass is 10.2. The lowest BCUT2D eigenvalue weighted by Crippen LogP contribution is -1.97. The maximum Gasteiger partial charge on any atom is 0.203 e. The lowest BCUT2D eigenvalue weighted by molar-refractivity contribution is 0.323. The normalized spacial score (nSPS) is 9.43. The largest absolute Gasteiger partial charge is 0.493 e. The molecular formula is C9H13NO4. The van der Waals surface area contributed by atoms with E-state index in [0.717, 1.165) is 0 Å². The topological polar surface area (TPSA) is 60.0 Å². The minimum Gasteiger partial charge on any atom is -0.493 e. The molecule has 5 heteroatoms. The van der Waals surface area contributed by atoms with Crippen LogP contribution >= 0.6 is 0 Å². The highest BCUT2D eigenvalue weighted by atomic mass is 16.5. The number of hydrogen-bond donors (Lipinski definition) is 2. The fourth-order valence-electron chi connectivity index (χ4n) is 1.15. The van der Waals surface area contributed by atoms with Gasteiger partial charge in [-0.1, -0.05) is 0 Å². The summed E-state index contributed by atoms with van der Waals surface area (Å²) >= 11 is 0. The average Bonchev–Trinajstić information content (AvgIpc) is 2.26. The summed E-state index contributed by atoms with van der Waals surface area (Å²) in [5, 5.41) is 8.74. The van der Waals surface area contributed by atoms with Crippen LogP contribution in [0.3, 0.4) is 0 Å². The van der Waals surface area contributed by atoms with E-state index in [-0.39, 0.29) is 0 Å². The molecule has 0 saturated heterocycles. The van der Waals surface area contributed by atoms with Crippen LogP contribution in [0.5, 0.6) is 17.2 Å². The minimum atomic E-state index is 0.472. The van der Waals surface area contributed by atoms with Gasteiger partial charge in [-0.3, -0.25) is 10.7 Å². The van der Waals surface area contributed by atoms with Crippen LogP contribution in [-0.2, 0) is 0 Å². The van der Waals surface area contributed by atoms with Gasteiger partial charge in [-0.2, -0.15) is 0 Å². The Morgan fingerprint density at radius 1 is 1.00 bits per heavy atom. The second kappa shape index (κ2) is 4.57. The zero-order chi connectivity index (χ0) is 10.6. The maximum atomic E-state index is 8.74. The van der Waals surface area contributed by atoms with E-state index in [1.54, 1.807) is 12.1 Å².